The number of benzene rings is 2. The molecule has 0 saturated heterocycles. The van der Waals surface area contributed by atoms with Crippen LogP contribution in [0.2, 0.25) is 0 Å². The van der Waals surface area contributed by atoms with E-state index in [0.29, 0.717) is 17.9 Å². The lowest BCUT2D eigenvalue weighted by Crippen LogP contribution is -2.53. The number of carbonyl (C=O) groups excluding carboxylic acids is 2. The topological polar surface area (TPSA) is 74.8 Å². The third kappa shape index (κ3) is 4.06. The van der Waals surface area contributed by atoms with Gasteiger partial charge in [-0.2, -0.15) is 0 Å². The highest BCUT2D eigenvalue weighted by Gasteiger charge is 2.37. The van der Waals surface area contributed by atoms with Gasteiger partial charge in [-0.05, 0) is 61.6 Å². The zero-order valence-electron chi connectivity index (χ0n) is 18.9. The third-order valence-electron chi connectivity index (χ3n) is 6.49. The minimum atomic E-state index is -3.27. The maximum absolute atomic E-state index is 13.2. The molecule has 0 aromatic heterocycles. The Kier molecular flexibility index (Phi) is 6.12. The molecule has 1 unspecified atom stereocenters. The molecule has 6 nitrogen and oxygen atoms in total. The number of sulfone groups is 1. The molecule has 2 aromatic carbocycles. The fourth-order valence-corrected chi connectivity index (χ4v) is 5.93. The second-order valence-corrected chi connectivity index (χ2v) is 11.0. The summed E-state index contributed by atoms with van der Waals surface area (Å²) in [6.07, 6.45) is 3.50. The van der Waals surface area contributed by atoms with Gasteiger partial charge >= 0.3 is 0 Å². The Hall–Kier alpha value is -2.67. The van der Waals surface area contributed by atoms with Gasteiger partial charge in [-0.3, -0.25) is 9.59 Å². The van der Waals surface area contributed by atoms with Crippen LogP contribution in [0.15, 0.2) is 47.4 Å². The number of hydrogen-bond acceptors (Lipinski definition) is 4. The van der Waals surface area contributed by atoms with E-state index in [4.69, 9.17) is 0 Å². The average molecular weight is 455 g/mol. The maximum atomic E-state index is 13.2. The van der Waals surface area contributed by atoms with E-state index < -0.39 is 9.84 Å². The largest absolute Gasteiger partial charge is 0.308 e. The maximum Gasteiger partial charge on any atom is 0.230 e. The van der Waals surface area contributed by atoms with Crippen LogP contribution in [-0.2, 0) is 19.4 Å². The van der Waals surface area contributed by atoms with Crippen LogP contribution in [-0.4, -0.2) is 38.6 Å². The summed E-state index contributed by atoms with van der Waals surface area (Å²) in [6, 6.07) is 12.6. The van der Waals surface area contributed by atoms with Crippen LogP contribution in [0.25, 0.3) is 11.1 Å². The van der Waals surface area contributed by atoms with Crippen LogP contribution in [0, 0.1) is 5.92 Å². The van der Waals surface area contributed by atoms with Crippen molar-refractivity contribution in [1.29, 1.82) is 0 Å². The van der Waals surface area contributed by atoms with Crippen molar-refractivity contribution >= 4 is 33.0 Å². The second-order valence-electron chi connectivity index (χ2n) is 8.86. The van der Waals surface area contributed by atoms with Crippen LogP contribution >= 0.6 is 0 Å². The van der Waals surface area contributed by atoms with Gasteiger partial charge in [0, 0.05) is 19.4 Å². The van der Waals surface area contributed by atoms with Crippen molar-refractivity contribution < 1.29 is 18.0 Å². The summed E-state index contributed by atoms with van der Waals surface area (Å²) >= 11 is 0. The highest BCUT2D eigenvalue weighted by atomic mass is 32.2. The first-order valence-electron chi connectivity index (χ1n) is 11.3. The molecular weight excluding hydrogens is 424 g/mol. The molecule has 1 heterocycles. The molecule has 1 aliphatic heterocycles. The van der Waals surface area contributed by atoms with Crippen molar-refractivity contribution in [2.24, 2.45) is 5.92 Å². The number of fused-ring (bicyclic) bond motifs is 1. The van der Waals surface area contributed by atoms with E-state index in [1.54, 1.807) is 36.1 Å². The van der Waals surface area contributed by atoms with Gasteiger partial charge in [0.25, 0.3) is 0 Å². The molecule has 1 fully saturated rings. The Labute approximate surface area is 190 Å². The molecule has 0 radical (unpaired) electrons. The zero-order valence-corrected chi connectivity index (χ0v) is 19.7. The fraction of sp³-hybridized carbons (Fsp3) is 0.440. The molecule has 1 aliphatic carbocycles. The summed E-state index contributed by atoms with van der Waals surface area (Å²) in [5, 5.41) is 0. The van der Waals surface area contributed by atoms with Gasteiger partial charge < -0.3 is 9.80 Å². The minimum absolute atomic E-state index is 0.0484. The molecule has 2 amide bonds. The number of anilines is 2. The van der Waals surface area contributed by atoms with Crippen LogP contribution in [0.4, 0.5) is 11.4 Å². The van der Waals surface area contributed by atoms with Crippen LogP contribution in [0.1, 0.15) is 46.5 Å². The number of amides is 2. The van der Waals surface area contributed by atoms with Gasteiger partial charge in [0.1, 0.15) is 0 Å². The Bertz CT molecular complexity index is 1140. The number of nitrogens with zero attached hydrogens (tertiary/aromatic N) is 2. The molecule has 0 bridgehead atoms. The Balaban J connectivity index is 1.73. The van der Waals surface area contributed by atoms with Gasteiger partial charge in [-0.15, -0.1) is 0 Å². The monoisotopic (exact) mass is 454 g/mol. The molecule has 2 aliphatic rings. The fourth-order valence-electron chi connectivity index (χ4n) is 4.61. The van der Waals surface area contributed by atoms with Crippen molar-refractivity contribution in [2.75, 3.05) is 22.1 Å². The van der Waals surface area contributed by atoms with E-state index in [1.165, 1.54) is 0 Å². The Morgan fingerprint density at radius 3 is 2.22 bits per heavy atom. The van der Waals surface area contributed by atoms with Crippen LogP contribution in [0.5, 0.6) is 0 Å². The molecule has 0 spiro atoms. The van der Waals surface area contributed by atoms with E-state index in [2.05, 4.69) is 0 Å². The standard InChI is InChI=1S/C25H30N2O4S/c1-4-14-32(30,31)22-11-8-19(9-12-22)21-10-13-23-24(15-21)26(25(29)20-6-5-7-20)16-17(2)27(23)18(3)28/h8-13,15,17,20H,4-7,14,16H2,1-3H3. The molecule has 4 rings (SSSR count). The van der Waals surface area contributed by atoms with E-state index in [-0.39, 0.29) is 29.5 Å². The van der Waals surface area contributed by atoms with Gasteiger partial charge in [0.05, 0.1) is 28.1 Å². The number of rotatable bonds is 5. The summed E-state index contributed by atoms with van der Waals surface area (Å²) in [4.78, 5) is 29.5. The molecule has 0 N–H and O–H groups in total. The van der Waals surface area contributed by atoms with Gasteiger partial charge in [0.2, 0.25) is 11.8 Å². The first-order valence-corrected chi connectivity index (χ1v) is 13.0. The van der Waals surface area contributed by atoms with Crippen molar-refractivity contribution in [2.45, 2.75) is 57.4 Å². The Morgan fingerprint density at radius 1 is 1.00 bits per heavy atom. The molecule has 170 valence electrons. The summed E-state index contributed by atoms with van der Waals surface area (Å²) in [5.41, 5.74) is 3.24. The highest BCUT2D eigenvalue weighted by Crippen LogP contribution is 2.41. The van der Waals surface area contributed by atoms with Crippen molar-refractivity contribution in [3.63, 3.8) is 0 Å². The van der Waals surface area contributed by atoms with Crippen molar-refractivity contribution in [3.05, 3.63) is 42.5 Å². The lowest BCUT2D eigenvalue weighted by molar-refractivity contribution is -0.125. The van der Waals surface area contributed by atoms with Crippen molar-refractivity contribution in [1.82, 2.24) is 0 Å². The minimum Gasteiger partial charge on any atom is -0.308 e. The Morgan fingerprint density at radius 2 is 1.66 bits per heavy atom. The first kappa shape index (κ1) is 22.5. The smallest absolute Gasteiger partial charge is 0.230 e. The lowest BCUT2D eigenvalue weighted by atomic mass is 9.84. The summed E-state index contributed by atoms with van der Waals surface area (Å²) < 4.78 is 24.7. The molecule has 2 aromatic rings. The predicted octanol–water partition coefficient (Wildman–Crippen LogP) is 4.43. The second kappa shape index (κ2) is 8.70. The number of carbonyl (C=O) groups is 2. The van der Waals surface area contributed by atoms with Gasteiger partial charge in [0.15, 0.2) is 9.84 Å². The number of hydrogen-bond donors (Lipinski definition) is 0. The SMILES string of the molecule is CCCS(=O)(=O)c1ccc(-c2ccc3c(c2)N(C(=O)C2CCC2)CC(C)N3C(C)=O)cc1. The lowest BCUT2D eigenvalue weighted by Gasteiger charge is -2.43. The summed E-state index contributed by atoms with van der Waals surface area (Å²) in [7, 11) is -3.27. The molecular formula is C25H30N2O4S. The van der Waals surface area contributed by atoms with Crippen LogP contribution < -0.4 is 9.80 Å². The normalized spacial score (nSPS) is 18.8. The van der Waals surface area contributed by atoms with E-state index in [1.807, 2.05) is 36.9 Å². The molecule has 1 saturated carbocycles. The summed E-state index contributed by atoms with van der Waals surface area (Å²) in [5.74, 6) is 0.270. The van der Waals surface area contributed by atoms with Gasteiger partial charge in [-0.1, -0.05) is 31.5 Å². The zero-order chi connectivity index (χ0) is 23.0. The average Bonchev–Trinajstić information content (AvgIpc) is 2.71. The van der Waals surface area contributed by atoms with E-state index in [0.717, 1.165) is 41.8 Å². The van der Waals surface area contributed by atoms with Gasteiger partial charge in [-0.25, -0.2) is 8.42 Å². The molecule has 7 heteroatoms. The van der Waals surface area contributed by atoms with Crippen molar-refractivity contribution in [3.8, 4) is 11.1 Å². The molecule has 32 heavy (non-hydrogen) atoms. The van der Waals surface area contributed by atoms with Crippen LogP contribution in [0.3, 0.4) is 0 Å². The van der Waals surface area contributed by atoms with E-state index in [9.17, 15) is 18.0 Å². The predicted molar refractivity (Wildman–Crippen MR) is 127 cm³/mol. The summed E-state index contributed by atoms with van der Waals surface area (Å²) in [6.45, 7) is 5.84. The quantitative estimate of drug-likeness (QED) is 0.670. The third-order valence-corrected chi connectivity index (χ3v) is 8.43. The first-order chi connectivity index (χ1) is 15.2. The van der Waals surface area contributed by atoms with E-state index >= 15 is 0 Å². The molecule has 1 atom stereocenters. The highest BCUT2D eigenvalue weighted by molar-refractivity contribution is 7.91.